The molecule has 98 valence electrons. The first-order chi connectivity index (χ1) is 8.65. The first-order valence-electron chi connectivity index (χ1n) is 5.93. The Kier molecular flexibility index (Phi) is 4.38. The van der Waals surface area contributed by atoms with Crippen LogP contribution in [0, 0.1) is 11.6 Å². The van der Waals surface area contributed by atoms with Gasteiger partial charge >= 0.3 is 0 Å². The molecular weight excluding hydrogens is 240 g/mol. The third-order valence-electron chi connectivity index (χ3n) is 2.86. The molecule has 1 aromatic carbocycles. The molecule has 1 saturated heterocycles. The van der Waals surface area contributed by atoms with E-state index in [2.05, 4.69) is 5.32 Å². The number of ketones is 1. The summed E-state index contributed by atoms with van der Waals surface area (Å²) in [7, 11) is 0. The molecule has 0 saturated carbocycles. The summed E-state index contributed by atoms with van der Waals surface area (Å²) in [5.41, 5.74) is 0.227. The molecular formula is C13H15F2NO2. The van der Waals surface area contributed by atoms with Crippen LogP contribution in [0.1, 0.15) is 12.0 Å². The van der Waals surface area contributed by atoms with E-state index >= 15 is 0 Å². The number of morpholine rings is 1. The summed E-state index contributed by atoms with van der Waals surface area (Å²) in [6.07, 6.45) is 0.0882. The van der Waals surface area contributed by atoms with E-state index in [1.807, 2.05) is 0 Å². The Balaban J connectivity index is 1.90. The topological polar surface area (TPSA) is 38.3 Å². The molecule has 0 radical (unpaired) electrons. The van der Waals surface area contributed by atoms with E-state index < -0.39 is 11.6 Å². The minimum absolute atomic E-state index is 0.0219. The van der Waals surface area contributed by atoms with Crippen LogP contribution in [-0.4, -0.2) is 31.6 Å². The predicted octanol–water partition coefficient (Wildman–Crippen LogP) is 1.45. The number of benzene rings is 1. The third kappa shape index (κ3) is 3.58. The molecule has 1 aliphatic rings. The number of carbonyl (C=O) groups is 1. The van der Waals surface area contributed by atoms with Gasteiger partial charge in [-0.2, -0.15) is 0 Å². The lowest BCUT2D eigenvalue weighted by molar-refractivity contribution is -0.121. The minimum Gasteiger partial charge on any atom is -0.375 e. The largest absolute Gasteiger partial charge is 0.375 e. The quantitative estimate of drug-likeness (QED) is 0.885. The van der Waals surface area contributed by atoms with Gasteiger partial charge in [-0.25, -0.2) is 8.78 Å². The first kappa shape index (κ1) is 13.1. The van der Waals surface area contributed by atoms with Crippen molar-refractivity contribution in [1.82, 2.24) is 5.32 Å². The lowest BCUT2D eigenvalue weighted by Gasteiger charge is -2.22. The zero-order valence-corrected chi connectivity index (χ0v) is 9.92. The third-order valence-corrected chi connectivity index (χ3v) is 2.86. The smallest absolute Gasteiger partial charge is 0.140 e. The number of rotatable bonds is 4. The van der Waals surface area contributed by atoms with E-state index in [0.717, 1.165) is 18.7 Å². The van der Waals surface area contributed by atoms with Gasteiger partial charge in [0.2, 0.25) is 0 Å². The van der Waals surface area contributed by atoms with E-state index in [0.29, 0.717) is 13.2 Å². The highest BCUT2D eigenvalue weighted by Gasteiger charge is 2.18. The van der Waals surface area contributed by atoms with Crippen molar-refractivity contribution in [1.29, 1.82) is 0 Å². The zero-order chi connectivity index (χ0) is 13.0. The summed E-state index contributed by atoms with van der Waals surface area (Å²) < 4.78 is 31.5. The molecule has 2 rings (SSSR count). The SMILES string of the molecule is O=C(Cc1ccc(F)cc1F)CC1CNCCO1. The molecule has 1 N–H and O–H groups in total. The number of Topliss-reactive ketones (excluding diaryl/α,β-unsaturated/α-hetero) is 1. The summed E-state index contributed by atoms with van der Waals surface area (Å²) in [6.45, 7) is 2.01. The molecule has 0 bridgehead atoms. The van der Waals surface area contributed by atoms with Crippen LogP contribution in [0.2, 0.25) is 0 Å². The lowest BCUT2D eigenvalue weighted by Crippen LogP contribution is -2.39. The molecule has 0 spiro atoms. The second kappa shape index (κ2) is 6.02. The van der Waals surface area contributed by atoms with Crippen molar-refractivity contribution in [3.63, 3.8) is 0 Å². The Labute approximate surface area is 104 Å². The fourth-order valence-corrected chi connectivity index (χ4v) is 1.95. The normalized spacial score (nSPS) is 19.8. The van der Waals surface area contributed by atoms with Crippen LogP contribution in [0.4, 0.5) is 8.78 Å². The molecule has 1 atom stereocenters. The highest BCUT2D eigenvalue weighted by Crippen LogP contribution is 2.12. The molecule has 1 heterocycles. The van der Waals surface area contributed by atoms with Crippen molar-refractivity contribution in [2.24, 2.45) is 0 Å². The lowest BCUT2D eigenvalue weighted by atomic mass is 10.0. The number of carbonyl (C=O) groups excluding carboxylic acids is 1. The van der Waals surface area contributed by atoms with Crippen molar-refractivity contribution >= 4 is 5.78 Å². The summed E-state index contributed by atoms with van der Waals surface area (Å²) in [5, 5.41) is 3.12. The molecule has 0 amide bonds. The van der Waals surface area contributed by atoms with E-state index in [1.54, 1.807) is 0 Å². The van der Waals surface area contributed by atoms with Gasteiger partial charge in [0, 0.05) is 32.0 Å². The van der Waals surface area contributed by atoms with Crippen LogP contribution in [0.25, 0.3) is 0 Å². The molecule has 1 unspecified atom stereocenters. The van der Waals surface area contributed by atoms with Gasteiger partial charge < -0.3 is 10.1 Å². The average Bonchev–Trinajstić information content (AvgIpc) is 2.34. The maximum atomic E-state index is 13.4. The van der Waals surface area contributed by atoms with Crippen LogP contribution in [0.15, 0.2) is 18.2 Å². The van der Waals surface area contributed by atoms with Crippen LogP contribution < -0.4 is 5.32 Å². The predicted molar refractivity (Wildman–Crippen MR) is 62.3 cm³/mol. The fourth-order valence-electron chi connectivity index (χ4n) is 1.95. The number of hydrogen-bond donors (Lipinski definition) is 1. The van der Waals surface area contributed by atoms with Crippen molar-refractivity contribution < 1.29 is 18.3 Å². The maximum absolute atomic E-state index is 13.4. The molecule has 18 heavy (non-hydrogen) atoms. The highest BCUT2D eigenvalue weighted by molar-refractivity contribution is 5.81. The average molecular weight is 255 g/mol. The van der Waals surface area contributed by atoms with Crippen molar-refractivity contribution in [3.05, 3.63) is 35.4 Å². The van der Waals surface area contributed by atoms with Crippen LogP contribution in [0.3, 0.4) is 0 Å². The van der Waals surface area contributed by atoms with Gasteiger partial charge in [0.05, 0.1) is 12.7 Å². The Morgan fingerprint density at radius 3 is 2.94 bits per heavy atom. The number of halogens is 2. The van der Waals surface area contributed by atoms with Gasteiger partial charge in [-0.05, 0) is 11.6 Å². The van der Waals surface area contributed by atoms with Gasteiger partial charge in [0.1, 0.15) is 17.4 Å². The maximum Gasteiger partial charge on any atom is 0.140 e. The monoisotopic (exact) mass is 255 g/mol. The second-order valence-corrected chi connectivity index (χ2v) is 4.35. The van der Waals surface area contributed by atoms with Crippen LogP contribution >= 0.6 is 0 Å². The van der Waals surface area contributed by atoms with E-state index in [-0.39, 0.29) is 30.3 Å². The molecule has 3 nitrogen and oxygen atoms in total. The van der Waals surface area contributed by atoms with Gasteiger partial charge in [-0.3, -0.25) is 4.79 Å². The number of hydrogen-bond acceptors (Lipinski definition) is 3. The molecule has 0 aliphatic carbocycles. The minimum atomic E-state index is -0.675. The summed E-state index contributed by atoms with van der Waals surface area (Å²) in [4.78, 5) is 11.7. The molecule has 1 aliphatic heterocycles. The summed E-state index contributed by atoms with van der Waals surface area (Å²) in [5.74, 6) is -1.41. The van der Waals surface area contributed by atoms with Crippen molar-refractivity contribution in [2.75, 3.05) is 19.7 Å². The van der Waals surface area contributed by atoms with Gasteiger partial charge in [0.15, 0.2) is 0 Å². The molecule has 5 heteroatoms. The molecule has 0 aromatic heterocycles. The Hall–Kier alpha value is -1.33. The Morgan fingerprint density at radius 2 is 2.28 bits per heavy atom. The number of nitrogens with one attached hydrogen (secondary N) is 1. The summed E-state index contributed by atoms with van der Waals surface area (Å²) in [6, 6.07) is 3.26. The van der Waals surface area contributed by atoms with Crippen LogP contribution in [-0.2, 0) is 16.0 Å². The van der Waals surface area contributed by atoms with Crippen LogP contribution in [0.5, 0.6) is 0 Å². The van der Waals surface area contributed by atoms with Gasteiger partial charge in [0.25, 0.3) is 0 Å². The van der Waals surface area contributed by atoms with E-state index in [4.69, 9.17) is 4.74 Å². The number of ether oxygens (including phenoxy) is 1. The zero-order valence-electron chi connectivity index (χ0n) is 9.92. The van der Waals surface area contributed by atoms with E-state index in [1.165, 1.54) is 6.07 Å². The van der Waals surface area contributed by atoms with Crippen molar-refractivity contribution in [2.45, 2.75) is 18.9 Å². The highest BCUT2D eigenvalue weighted by atomic mass is 19.1. The standard InChI is InChI=1S/C13H15F2NO2/c14-10-2-1-9(13(15)6-10)5-11(17)7-12-8-16-3-4-18-12/h1-2,6,12,16H,3-5,7-8H2. The fraction of sp³-hybridized carbons (Fsp3) is 0.462. The summed E-state index contributed by atoms with van der Waals surface area (Å²) >= 11 is 0. The Bertz CT molecular complexity index is 431. The molecule has 1 aromatic rings. The van der Waals surface area contributed by atoms with Gasteiger partial charge in [-0.15, -0.1) is 0 Å². The van der Waals surface area contributed by atoms with E-state index in [9.17, 15) is 13.6 Å². The Morgan fingerprint density at radius 1 is 1.44 bits per heavy atom. The molecule has 1 fully saturated rings. The van der Waals surface area contributed by atoms with Crippen molar-refractivity contribution in [3.8, 4) is 0 Å². The first-order valence-corrected chi connectivity index (χ1v) is 5.93. The van der Waals surface area contributed by atoms with Gasteiger partial charge in [-0.1, -0.05) is 6.07 Å². The second-order valence-electron chi connectivity index (χ2n) is 4.35.